The monoisotopic (exact) mass is 365 g/mol. The molecule has 0 aliphatic carbocycles. The third-order valence-corrected chi connectivity index (χ3v) is 4.46. The molecule has 2 aromatic carbocycles. The minimum Gasteiger partial charge on any atom is -0.366 e. The highest BCUT2D eigenvalue weighted by molar-refractivity contribution is 5.50. The molecule has 2 rings (SSSR count). The number of rotatable bonds is 9. The van der Waals surface area contributed by atoms with Crippen molar-refractivity contribution in [2.75, 3.05) is 13.7 Å². The normalized spacial score (nSPS) is 12.0. The van der Waals surface area contributed by atoms with Gasteiger partial charge in [-0.1, -0.05) is 72.5 Å². The average Bonchev–Trinajstić information content (AvgIpc) is 2.70. The molecule has 0 bridgehead atoms. The van der Waals surface area contributed by atoms with Crippen LogP contribution in [0.5, 0.6) is 0 Å². The summed E-state index contributed by atoms with van der Waals surface area (Å²) in [5.41, 5.74) is 1.59. The first kappa shape index (κ1) is 20.7. The summed E-state index contributed by atoms with van der Waals surface area (Å²) in [6.07, 6.45) is 0.429. The molecular weight excluding hydrogens is 338 g/mol. The lowest BCUT2D eigenvalue weighted by atomic mass is 9.94. The van der Waals surface area contributed by atoms with E-state index in [0.29, 0.717) is 19.8 Å². The van der Waals surface area contributed by atoms with E-state index in [1.54, 1.807) is 12.0 Å². The maximum absolute atomic E-state index is 11.7. The number of carbonyl (C=O) groups excluding carboxylic acids is 1. The predicted octanol–water partition coefficient (Wildman–Crippen LogP) is 3.66. The van der Waals surface area contributed by atoms with Crippen LogP contribution in [0.4, 0.5) is 0 Å². The lowest BCUT2D eigenvalue weighted by molar-refractivity contribution is -0.127. The Labute approximate surface area is 162 Å². The second-order valence-electron chi connectivity index (χ2n) is 6.79. The number of methoxy groups -OCH3 is 1. The van der Waals surface area contributed by atoms with Crippen LogP contribution in [-0.2, 0) is 27.4 Å². The van der Waals surface area contributed by atoms with Crippen molar-refractivity contribution in [1.82, 2.24) is 4.90 Å². The van der Waals surface area contributed by atoms with Gasteiger partial charge in [-0.15, -0.1) is 0 Å². The second kappa shape index (κ2) is 10.5. The van der Waals surface area contributed by atoms with Gasteiger partial charge in [0.05, 0.1) is 12.1 Å². The van der Waals surface area contributed by atoms with Gasteiger partial charge in [0, 0.05) is 13.7 Å². The van der Waals surface area contributed by atoms with Crippen LogP contribution in [0.15, 0.2) is 60.7 Å². The van der Waals surface area contributed by atoms with Gasteiger partial charge in [-0.25, -0.2) is 0 Å². The molecule has 0 spiro atoms. The molecule has 0 aromatic heterocycles. The van der Waals surface area contributed by atoms with Crippen LogP contribution in [0.25, 0.3) is 0 Å². The maximum Gasteiger partial charge on any atom is 0.210 e. The number of ether oxygens (including phenoxy) is 2. The Morgan fingerprint density at radius 2 is 1.63 bits per heavy atom. The van der Waals surface area contributed by atoms with E-state index in [-0.39, 0.29) is 0 Å². The molecule has 0 heterocycles. The topological polar surface area (TPSA) is 38.8 Å². The van der Waals surface area contributed by atoms with Crippen LogP contribution in [0.1, 0.15) is 25.0 Å². The SMILES string of the molecule is COC(C#CCOCc1ccccc1)C(C)(C)N(C=O)Cc1ccccc1. The van der Waals surface area contributed by atoms with E-state index < -0.39 is 11.6 Å². The molecule has 1 unspecified atom stereocenters. The zero-order valence-corrected chi connectivity index (χ0v) is 16.2. The van der Waals surface area contributed by atoms with Crippen molar-refractivity contribution in [3.63, 3.8) is 0 Å². The van der Waals surface area contributed by atoms with Crippen LogP contribution in [0.3, 0.4) is 0 Å². The first-order valence-corrected chi connectivity index (χ1v) is 8.96. The maximum atomic E-state index is 11.7. The van der Waals surface area contributed by atoms with Crippen LogP contribution in [-0.4, -0.2) is 36.7 Å². The zero-order valence-electron chi connectivity index (χ0n) is 16.2. The highest BCUT2D eigenvalue weighted by Gasteiger charge is 2.34. The Morgan fingerprint density at radius 3 is 2.19 bits per heavy atom. The zero-order chi connectivity index (χ0) is 19.5. The Kier molecular flexibility index (Phi) is 8.06. The Morgan fingerprint density at radius 1 is 1.04 bits per heavy atom. The fraction of sp³-hybridized carbons (Fsp3) is 0.348. The van der Waals surface area contributed by atoms with E-state index in [2.05, 4.69) is 11.8 Å². The van der Waals surface area contributed by atoms with E-state index in [4.69, 9.17) is 9.47 Å². The summed E-state index contributed by atoms with van der Waals surface area (Å²) in [5.74, 6) is 6.11. The number of carbonyl (C=O) groups is 1. The first-order chi connectivity index (χ1) is 13.1. The number of amides is 1. The molecule has 1 amide bonds. The molecule has 0 radical (unpaired) electrons. The third-order valence-electron chi connectivity index (χ3n) is 4.46. The Bertz CT molecular complexity index is 747. The van der Waals surface area contributed by atoms with Gasteiger partial charge < -0.3 is 14.4 Å². The van der Waals surface area contributed by atoms with Gasteiger partial charge in [-0.05, 0) is 25.0 Å². The van der Waals surface area contributed by atoms with E-state index in [0.717, 1.165) is 17.5 Å². The van der Waals surface area contributed by atoms with Crippen molar-refractivity contribution in [3.8, 4) is 11.8 Å². The summed E-state index contributed by atoms with van der Waals surface area (Å²) in [7, 11) is 1.61. The average molecular weight is 365 g/mol. The van der Waals surface area contributed by atoms with Crippen molar-refractivity contribution in [1.29, 1.82) is 0 Å². The summed E-state index contributed by atoms with van der Waals surface area (Å²) in [5, 5.41) is 0. The fourth-order valence-electron chi connectivity index (χ4n) is 2.76. The molecule has 0 saturated heterocycles. The number of hydrogen-bond donors (Lipinski definition) is 0. The summed E-state index contributed by atoms with van der Waals surface area (Å²) in [4.78, 5) is 13.4. The molecular formula is C23H27NO3. The molecule has 4 nitrogen and oxygen atoms in total. The molecule has 1 atom stereocenters. The lowest BCUT2D eigenvalue weighted by Gasteiger charge is -2.39. The van der Waals surface area contributed by atoms with Gasteiger partial charge in [0.15, 0.2) is 0 Å². The highest BCUT2D eigenvalue weighted by atomic mass is 16.5. The molecule has 0 aliphatic rings. The summed E-state index contributed by atoms with van der Waals surface area (Å²) in [6.45, 7) is 5.25. The number of hydrogen-bond acceptors (Lipinski definition) is 3. The van der Waals surface area contributed by atoms with Crippen molar-refractivity contribution in [3.05, 3.63) is 71.8 Å². The van der Waals surface area contributed by atoms with Gasteiger partial charge in [0.1, 0.15) is 12.7 Å². The second-order valence-corrected chi connectivity index (χ2v) is 6.79. The molecule has 0 fully saturated rings. The van der Waals surface area contributed by atoms with Crippen LogP contribution in [0.2, 0.25) is 0 Å². The van der Waals surface area contributed by atoms with Gasteiger partial charge in [-0.2, -0.15) is 0 Å². The van der Waals surface area contributed by atoms with Gasteiger partial charge in [-0.3, -0.25) is 4.79 Å². The van der Waals surface area contributed by atoms with Gasteiger partial charge >= 0.3 is 0 Å². The molecule has 0 N–H and O–H groups in total. The van der Waals surface area contributed by atoms with Crippen molar-refractivity contribution in [2.45, 2.75) is 38.6 Å². The Balaban J connectivity index is 1.95. The van der Waals surface area contributed by atoms with Crippen molar-refractivity contribution >= 4 is 6.41 Å². The molecule has 0 aliphatic heterocycles. The number of nitrogens with zero attached hydrogens (tertiary/aromatic N) is 1. The summed E-state index contributed by atoms with van der Waals surface area (Å²) < 4.78 is 11.2. The van der Waals surface area contributed by atoms with Crippen LogP contribution in [0, 0.1) is 11.8 Å². The minimum absolute atomic E-state index is 0.310. The smallest absolute Gasteiger partial charge is 0.210 e. The molecule has 142 valence electrons. The Hall–Kier alpha value is -2.61. The molecule has 0 saturated carbocycles. The largest absolute Gasteiger partial charge is 0.366 e. The van der Waals surface area contributed by atoms with Crippen LogP contribution < -0.4 is 0 Å². The van der Waals surface area contributed by atoms with Crippen molar-refractivity contribution < 1.29 is 14.3 Å². The highest BCUT2D eigenvalue weighted by Crippen LogP contribution is 2.22. The van der Waals surface area contributed by atoms with E-state index in [1.165, 1.54) is 0 Å². The number of benzene rings is 2. The van der Waals surface area contributed by atoms with Crippen molar-refractivity contribution in [2.24, 2.45) is 0 Å². The molecule has 2 aromatic rings. The molecule has 4 heteroatoms. The van der Waals surface area contributed by atoms with Gasteiger partial charge in [0.25, 0.3) is 0 Å². The third kappa shape index (κ3) is 6.25. The van der Waals surface area contributed by atoms with E-state index >= 15 is 0 Å². The van der Waals surface area contributed by atoms with E-state index in [1.807, 2.05) is 74.5 Å². The fourth-order valence-corrected chi connectivity index (χ4v) is 2.76. The quantitative estimate of drug-likeness (QED) is 0.387. The molecule has 27 heavy (non-hydrogen) atoms. The standard InChI is InChI=1S/C23H27NO3/c1-23(2,24(19-25)17-20-11-6-4-7-12-20)22(26-3)15-10-16-27-18-21-13-8-5-9-14-21/h4-9,11-14,19,22H,16-18H2,1-3H3. The summed E-state index contributed by atoms with van der Waals surface area (Å²) in [6, 6.07) is 19.8. The van der Waals surface area contributed by atoms with Gasteiger partial charge in [0.2, 0.25) is 6.41 Å². The lowest BCUT2D eigenvalue weighted by Crippen LogP contribution is -2.51. The van der Waals surface area contributed by atoms with E-state index in [9.17, 15) is 4.79 Å². The predicted molar refractivity (Wildman–Crippen MR) is 107 cm³/mol. The van der Waals surface area contributed by atoms with Crippen LogP contribution >= 0.6 is 0 Å². The minimum atomic E-state index is -0.585. The summed E-state index contributed by atoms with van der Waals surface area (Å²) >= 11 is 0. The first-order valence-electron chi connectivity index (χ1n) is 8.96.